The molecule has 2 heteroatoms. The third-order valence-electron chi connectivity index (χ3n) is 3.39. The van der Waals surface area contributed by atoms with Gasteiger partial charge in [-0.05, 0) is 45.7 Å². The zero-order chi connectivity index (χ0) is 13.6. The Balaban J connectivity index is 2.65. The lowest BCUT2D eigenvalue weighted by Gasteiger charge is -2.29. The molecule has 0 aliphatic heterocycles. The number of aryl methyl sites for hydroxylation is 1. The van der Waals surface area contributed by atoms with E-state index in [0.717, 1.165) is 19.4 Å². The maximum Gasteiger partial charge on any atom is 0.0637 e. The van der Waals surface area contributed by atoms with Crippen LogP contribution in [0.4, 0.5) is 0 Å². The molecule has 0 amide bonds. The van der Waals surface area contributed by atoms with Gasteiger partial charge in [-0.1, -0.05) is 36.8 Å². The molecule has 1 aromatic carbocycles. The quantitative estimate of drug-likeness (QED) is 0.800. The second kappa shape index (κ2) is 6.91. The lowest BCUT2D eigenvalue weighted by molar-refractivity contribution is 0.00726. The number of rotatable bonds is 7. The van der Waals surface area contributed by atoms with Crippen LogP contribution >= 0.6 is 0 Å². The van der Waals surface area contributed by atoms with Crippen LogP contribution < -0.4 is 5.32 Å². The van der Waals surface area contributed by atoms with Gasteiger partial charge in [-0.15, -0.1) is 0 Å². The molecule has 0 heterocycles. The summed E-state index contributed by atoms with van der Waals surface area (Å²) in [5.74, 6) is 0. The lowest BCUT2D eigenvalue weighted by Crippen LogP contribution is -2.39. The van der Waals surface area contributed by atoms with Crippen LogP contribution in [0.2, 0.25) is 0 Å². The molecule has 102 valence electrons. The molecule has 0 saturated heterocycles. The number of hydrogen-bond acceptors (Lipinski definition) is 2. The Labute approximate surface area is 112 Å². The largest absolute Gasteiger partial charge is 0.379 e. The minimum atomic E-state index is -0.0719. The zero-order valence-electron chi connectivity index (χ0n) is 12.4. The van der Waals surface area contributed by atoms with Crippen molar-refractivity contribution in [3.63, 3.8) is 0 Å². The highest BCUT2D eigenvalue weighted by atomic mass is 16.5. The molecule has 1 aromatic rings. The van der Waals surface area contributed by atoms with Crippen molar-refractivity contribution in [2.24, 2.45) is 0 Å². The molecule has 0 saturated carbocycles. The van der Waals surface area contributed by atoms with Crippen molar-refractivity contribution in [3.05, 3.63) is 35.4 Å². The van der Waals surface area contributed by atoms with E-state index in [-0.39, 0.29) is 5.60 Å². The minimum absolute atomic E-state index is 0.0719. The summed E-state index contributed by atoms with van der Waals surface area (Å²) in [5.41, 5.74) is 2.63. The molecule has 0 fully saturated rings. The number of likely N-dealkylation sites (N-methyl/N-ethyl adjacent to an activating group) is 1. The van der Waals surface area contributed by atoms with Crippen LogP contribution in [-0.4, -0.2) is 25.3 Å². The maximum absolute atomic E-state index is 5.53. The summed E-state index contributed by atoms with van der Waals surface area (Å²) in [6.45, 7) is 9.57. The second-order valence-electron chi connectivity index (χ2n) is 5.61. The van der Waals surface area contributed by atoms with E-state index in [9.17, 15) is 0 Å². The van der Waals surface area contributed by atoms with E-state index < -0.39 is 0 Å². The first-order chi connectivity index (χ1) is 8.46. The van der Waals surface area contributed by atoms with Crippen molar-refractivity contribution in [2.45, 2.75) is 52.2 Å². The van der Waals surface area contributed by atoms with Crippen LogP contribution in [0, 0.1) is 6.92 Å². The van der Waals surface area contributed by atoms with Gasteiger partial charge in [-0.25, -0.2) is 0 Å². The smallest absolute Gasteiger partial charge is 0.0637 e. The molecule has 1 unspecified atom stereocenters. The van der Waals surface area contributed by atoms with Gasteiger partial charge < -0.3 is 10.1 Å². The zero-order valence-corrected chi connectivity index (χ0v) is 12.4. The minimum Gasteiger partial charge on any atom is -0.379 e. The van der Waals surface area contributed by atoms with Crippen LogP contribution in [0.3, 0.4) is 0 Å². The molecule has 0 bridgehead atoms. The Morgan fingerprint density at radius 1 is 1.22 bits per heavy atom. The van der Waals surface area contributed by atoms with Gasteiger partial charge in [0.25, 0.3) is 0 Å². The Morgan fingerprint density at radius 3 is 2.33 bits per heavy atom. The van der Waals surface area contributed by atoms with Crippen LogP contribution in [0.25, 0.3) is 0 Å². The van der Waals surface area contributed by atoms with Crippen molar-refractivity contribution < 1.29 is 4.74 Å². The van der Waals surface area contributed by atoms with Crippen molar-refractivity contribution in [1.29, 1.82) is 0 Å². The summed E-state index contributed by atoms with van der Waals surface area (Å²) in [5, 5.41) is 3.56. The van der Waals surface area contributed by atoms with Gasteiger partial charge in [-0.3, -0.25) is 0 Å². The number of ether oxygens (including phenoxy) is 1. The Morgan fingerprint density at radius 2 is 1.83 bits per heavy atom. The van der Waals surface area contributed by atoms with E-state index in [1.165, 1.54) is 11.1 Å². The molecule has 0 aromatic heterocycles. The highest BCUT2D eigenvalue weighted by molar-refractivity contribution is 5.22. The molecule has 2 nitrogen and oxygen atoms in total. The lowest BCUT2D eigenvalue weighted by atomic mass is 9.93. The first kappa shape index (κ1) is 15.2. The van der Waals surface area contributed by atoms with Gasteiger partial charge in [0.2, 0.25) is 0 Å². The molecule has 0 aliphatic carbocycles. The van der Waals surface area contributed by atoms with E-state index in [4.69, 9.17) is 4.74 Å². The average Bonchev–Trinajstić information content (AvgIpc) is 2.32. The van der Waals surface area contributed by atoms with Crippen LogP contribution in [0.15, 0.2) is 24.3 Å². The standard InChI is InChI=1S/C16H27NO/c1-6-17-15(12-16(3,4)18-5)11-14-9-7-13(2)8-10-14/h7-10,15,17H,6,11-12H2,1-5H3. The van der Waals surface area contributed by atoms with E-state index in [1.807, 2.05) is 0 Å². The molecule has 0 radical (unpaired) electrons. The first-order valence-electron chi connectivity index (χ1n) is 6.81. The van der Waals surface area contributed by atoms with Crippen LogP contribution in [0.1, 0.15) is 38.3 Å². The second-order valence-corrected chi connectivity index (χ2v) is 5.61. The summed E-state index contributed by atoms with van der Waals surface area (Å²) in [4.78, 5) is 0. The molecular weight excluding hydrogens is 222 g/mol. The highest BCUT2D eigenvalue weighted by Gasteiger charge is 2.22. The predicted octanol–water partition coefficient (Wildman–Crippen LogP) is 3.33. The third-order valence-corrected chi connectivity index (χ3v) is 3.39. The van der Waals surface area contributed by atoms with Crippen molar-refractivity contribution >= 4 is 0 Å². The Bertz CT molecular complexity index is 343. The summed E-state index contributed by atoms with van der Waals surface area (Å²) < 4.78 is 5.53. The Hall–Kier alpha value is -0.860. The van der Waals surface area contributed by atoms with Gasteiger partial charge >= 0.3 is 0 Å². The average molecular weight is 249 g/mol. The number of hydrogen-bond donors (Lipinski definition) is 1. The van der Waals surface area contributed by atoms with Gasteiger partial charge in [0.15, 0.2) is 0 Å². The van der Waals surface area contributed by atoms with Gasteiger partial charge in [-0.2, -0.15) is 0 Å². The fourth-order valence-corrected chi connectivity index (χ4v) is 2.19. The summed E-state index contributed by atoms with van der Waals surface area (Å²) in [6, 6.07) is 9.27. The molecular formula is C16H27NO. The first-order valence-corrected chi connectivity index (χ1v) is 6.81. The number of nitrogens with one attached hydrogen (secondary N) is 1. The fourth-order valence-electron chi connectivity index (χ4n) is 2.19. The fraction of sp³-hybridized carbons (Fsp3) is 0.625. The predicted molar refractivity (Wildman–Crippen MR) is 78.1 cm³/mol. The number of methoxy groups -OCH3 is 1. The molecule has 1 N–H and O–H groups in total. The van der Waals surface area contributed by atoms with Gasteiger partial charge in [0.1, 0.15) is 0 Å². The highest BCUT2D eigenvalue weighted by Crippen LogP contribution is 2.18. The number of benzene rings is 1. The van der Waals surface area contributed by atoms with Crippen LogP contribution in [-0.2, 0) is 11.2 Å². The Kier molecular flexibility index (Phi) is 5.83. The monoisotopic (exact) mass is 249 g/mol. The molecule has 0 aliphatic rings. The topological polar surface area (TPSA) is 21.3 Å². The van der Waals surface area contributed by atoms with E-state index >= 15 is 0 Å². The normalized spacial score (nSPS) is 13.6. The van der Waals surface area contributed by atoms with Gasteiger partial charge in [0.05, 0.1) is 5.60 Å². The van der Waals surface area contributed by atoms with Crippen molar-refractivity contribution in [2.75, 3.05) is 13.7 Å². The summed E-state index contributed by atoms with van der Waals surface area (Å²) >= 11 is 0. The molecule has 18 heavy (non-hydrogen) atoms. The molecule has 0 spiro atoms. The maximum atomic E-state index is 5.53. The van der Waals surface area contributed by atoms with E-state index in [2.05, 4.69) is 57.3 Å². The van der Waals surface area contributed by atoms with Crippen molar-refractivity contribution in [1.82, 2.24) is 5.32 Å². The SMILES string of the molecule is CCNC(Cc1ccc(C)cc1)CC(C)(C)OC. The summed E-state index contributed by atoms with van der Waals surface area (Å²) in [6.07, 6.45) is 2.08. The third kappa shape index (κ3) is 5.19. The van der Waals surface area contributed by atoms with Crippen LogP contribution in [0.5, 0.6) is 0 Å². The summed E-state index contributed by atoms with van der Waals surface area (Å²) in [7, 11) is 1.79. The molecule has 1 rings (SSSR count). The van der Waals surface area contributed by atoms with Gasteiger partial charge in [0, 0.05) is 13.2 Å². The van der Waals surface area contributed by atoms with E-state index in [1.54, 1.807) is 7.11 Å². The molecule has 1 atom stereocenters. The van der Waals surface area contributed by atoms with Crippen molar-refractivity contribution in [3.8, 4) is 0 Å². The van der Waals surface area contributed by atoms with E-state index in [0.29, 0.717) is 6.04 Å².